The van der Waals surface area contributed by atoms with Crippen LogP contribution in [0.1, 0.15) is 23.2 Å². The summed E-state index contributed by atoms with van der Waals surface area (Å²) in [4.78, 5) is 13.4. The second-order valence-electron chi connectivity index (χ2n) is 5.57. The van der Waals surface area contributed by atoms with E-state index in [1.165, 1.54) is 0 Å². The maximum Gasteiger partial charge on any atom is 0.252 e. The van der Waals surface area contributed by atoms with Gasteiger partial charge in [-0.2, -0.15) is 0 Å². The molecular weight excluding hydrogens is 284 g/mol. The molecule has 0 atom stereocenters. The standard InChI is InChI=1S/C16H24N2O2S/c1-20-12-16(7-9-17-10-8-16)11-18-15(19)13-5-3-4-6-14(13)21-2/h3-6,17H,7-12H2,1-2H3,(H,18,19). The first-order valence-electron chi connectivity index (χ1n) is 7.32. The van der Waals surface area contributed by atoms with Crippen LogP contribution in [-0.2, 0) is 4.74 Å². The first kappa shape index (κ1) is 16.3. The largest absolute Gasteiger partial charge is 0.384 e. The van der Waals surface area contributed by atoms with E-state index < -0.39 is 0 Å². The Morgan fingerprint density at radius 3 is 2.76 bits per heavy atom. The lowest BCUT2D eigenvalue weighted by Crippen LogP contribution is -2.47. The lowest BCUT2D eigenvalue weighted by molar-refractivity contribution is 0.0511. The fourth-order valence-electron chi connectivity index (χ4n) is 2.83. The number of piperidine rings is 1. The smallest absolute Gasteiger partial charge is 0.252 e. The average molecular weight is 308 g/mol. The predicted octanol–water partition coefficient (Wildman–Crippen LogP) is 2.15. The SMILES string of the molecule is COCC1(CNC(=O)c2ccccc2SC)CCNCC1. The fraction of sp³-hybridized carbons (Fsp3) is 0.562. The minimum atomic E-state index is 0.00830. The number of methoxy groups -OCH3 is 1. The van der Waals surface area contributed by atoms with Crippen LogP contribution in [0, 0.1) is 5.41 Å². The van der Waals surface area contributed by atoms with E-state index in [-0.39, 0.29) is 11.3 Å². The molecule has 4 nitrogen and oxygen atoms in total. The zero-order valence-corrected chi connectivity index (χ0v) is 13.6. The minimum Gasteiger partial charge on any atom is -0.384 e. The number of thioether (sulfide) groups is 1. The highest BCUT2D eigenvalue weighted by Crippen LogP contribution is 2.28. The van der Waals surface area contributed by atoms with E-state index in [0.717, 1.165) is 36.4 Å². The van der Waals surface area contributed by atoms with Crippen LogP contribution in [0.15, 0.2) is 29.2 Å². The van der Waals surface area contributed by atoms with Gasteiger partial charge >= 0.3 is 0 Å². The third kappa shape index (κ3) is 4.22. The molecule has 1 fully saturated rings. The summed E-state index contributed by atoms with van der Waals surface area (Å²) in [5.41, 5.74) is 0.816. The maximum absolute atomic E-state index is 12.4. The molecule has 2 rings (SSSR count). The summed E-state index contributed by atoms with van der Waals surface area (Å²) < 4.78 is 5.38. The summed E-state index contributed by atoms with van der Waals surface area (Å²) in [7, 11) is 1.73. The van der Waals surface area contributed by atoms with Gasteiger partial charge in [0.2, 0.25) is 0 Å². The van der Waals surface area contributed by atoms with E-state index in [2.05, 4.69) is 10.6 Å². The molecule has 1 aromatic carbocycles. The van der Waals surface area contributed by atoms with Gasteiger partial charge in [0.1, 0.15) is 0 Å². The summed E-state index contributed by atoms with van der Waals surface area (Å²) in [6.07, 6.45) is 4.06. The Hall–Kier alpha value is -1.04. The second-order valence-corrected chi connectivity index (χ2v) is 6.41. The van der Waals surface area contributed by atoms with Crippen LogP contribution in [-0.4, -0.2) is 45.5 Å². The van der Waals surface area contributed by atoms with E-state index >= 15 is 0 Å². The number of hydrogen-bond acceptors (Lipinski definition) is 4. The van der Waals surface area contributed by atoms with Crippen LogP contribution in [0.5, 0.6) is 0 Å². The maximum atomic E-state index is 12.4. The zero-order chi connectivity index (χ0) is 15.1. The Kier molecular flexibility index (Phi) is 6.08. The van der Waals surface area contributed by atoms with Gasteiger partial charge in [-0.25, -0.2) is 0 Å². The second kappa shape index (κ2) is 7.82. The lowest BCUT2D eigenvalue weighted by Gasteiger charge is -2.37. The molecule has 0 unspecified atom stereocenters. The van der Waals surface area contributed by atoms with Crippen LogP contribution in [0.25, 0.3) is 0 Å². The first-order valence-corrected chi connectivity index (χ1v) is 8.54. The molecule has 5 heteroatoms. The van der Waals surface area contributed by atoms with Gasteiger partial charge in [-0.05, 0) is 44.3 Å². The number of benzene rings is 1. The number of carbonyl (C=O) groups is 1. The Morgan fingerprint density at radius 1 is 1.38 bits per heavy atom. The van der Waals surface area contributed by atoms with Gasteiger partial charge in [0, 0.05) is 24.0 Å². The molecule has 0 aromatic heterocycles. The lowest BCUT2D eigenvalue weighted by atomic mass is 9.79. The number of rotatable bonds is 6. The Balaban J connectivity index is 2.01. The van der Waals surface area contributed by atoms with Gasteiger partial charge < -0.3 is 15.4 Å². The third-order valence-electron chi connectivity index (χ3n) is 4.09. The summed E-state index contributed by atoms with van der Waals surface area (Å²) >= 11 is 1.60. The van der Waals surface area contributed by atoms with Crippen molar-refractivity contribution in [3.8, 4) is 0 Å². The third-order valence-corrected chi connectivity index (χ3v) is 4.89. The Bertz CT molecular complexity index is 468. The van der Waals surface area contributed by atoms with Crippen molar-refractivity contribution in [2.45, 2.75) is 17.7 Å². The molecule has 0 saturated carbocycles. The van der Waals surface area contributed by atoms with Gasteiger partial charge in [0.15, 0.2) is 0 Å². The van der Waals surface area contributed by atoms with Crippen molar-refractivity contribution >= 4 is 17.7 Å². The molecule has 116 valence electrons. The topological polar surface area (TPSA) is 50.4 Å². The summed E-state index contributed by atoms with van der Waals surface area (Å²) in [5, 5.41) is 6.47. The first-order chi connectivity index (χ1) is 10.2. The van der Waals surface area contributed by atoms with Crippen LogP contribution in [0.3, 0.4) is 0 Å². The highest BCUT2D eigenvalue weighted by molar-refractivity contribution is 7.98. The van der Waals surface area contributed by atoms with Crippen molar-refractivity contribution < 1.29 is 9.53 Å². The molecule has 1 aromatic rings. The molecule has 1 amide bonds. The Labute approximate surface area is 131 Å². The van der Waals surface area contributed by atoms with E-state index in [4.69, 9.17) is 4.74 Å². The molecule has 0 spiro atoms. The fourth-order valence-corrected chi connectivity index (χ4v) is 3.43. The van der Waals surface area contributed by atoms with Crippen molar-refractivity contribution in [1.82, 2.24) is 10.6 Å². The molecule has 1 aliphatic heterocycles. The van der Waals surface area contributed by atoms with Gasteiger partial charge in [-0.1, -0.05) is 12.1 Å². The van der Waals surface area contributed by atoms with Gasteiger partial charge in [0.05, 0.1) is 12.2 Å². The molecule has 1 saturated heterocycles. The molecule has 1 heterocycles. The van der Waals surface area contributed by atoms with E-state index in [1.807, 2.05) is 30.5 Å². The minimum absolute atomic E-state index is 0.00830. The van der Waals surface area contributed by atoms with Crippen molar-refractivity contribution in [2.75, 3.05) is 39.6 Å². The van der Waals surface area contributed by atoms with Crippen LogP contribution >= 0.6 is 11.8 Å². The number of carbonyl (C=O) groups excluding carboxylic acids is 1. The average Bonchev–Trinajstić information content (AvgIpc) is 2.54. The molecule has 0 radical (unpaired) electrons. The molecular formula is C16H24N2O2S. The predicted molar refractivity (Wildman–Crippen MR) is 87.0 cm³/mol. The number of hydrogen-bond donors (Lipinski definition) is 2. The van der Waals surface area contributed by atoms with E-state index in [9.17, 15) is 4.79 Å². The summed E-state index contributed by atoms with van der Waals surface area (Å²) in [6, 6.07) is 7.73. The Morgan fingerprint density at radius 2 is 2.10 bits per heavy atom. The molecule has 2 N–H and O–H groups in total. The van der Waals surface area contributed by atoms with Crippen molar-refractivity contribution in [3.05, 3.63) is 29.8 Å². The van der Waals surface area contributed by atoms with E-state index in [0.29, 0.717) is 13.2 Å². The highest BCUT2D eigenvalue weighted by Gasteiger charge is 2.32. The van der Waals surface area contributed by atoms with Crippen molar-refractivity contribution in [3.63, 3.8) is 0 Å². The van der Waals surface area contributed by atoms with Crippen molar-refractivity contribution in [1.29, 1.82) is 0 Å². The number of ether oxygens (including phenoxy) is 1. The van der Waals surface area contributed by atoms with Crippen LogP contribution in [0.4, 0.5) is 0 Å². The monoisotopic (exact) mass is 308 g/mol. The number of nitrogens with one attached hydrogen (secondary N) is 2. The van der Waals surface area contributed by atoms with Crippen LogP contribution in [0.2, 0.25) is 0 Å². The summed E-state index contributed by atoms with van der Waals surface area (Å²) in [5.74, 6) is 0.00830. The van der Waals surface area contributed by atoms with E-state index in [1.54, 1.807) is 18.9 Å². The molecule has 1 aliphatic rings. The number of amides is 1. The van der Waals surface area contributed by atoms with Crippen molar-refractivity contribution in [2.24, 2.45) is 5.41 Å². The van der Waals surface area contributed by atoms with Gasteiger partial charge in [0.25, 0.3) is 5.91 Å². The summed E-state index contributed by atoms with van der Waals surface area (Å²) in [6.45, 7) is 3.34. The molecule has 21 heavy (non-hydrogen) atoms. The van der Waals surface area contributed by atoms with Gasteiger partial charge in [-0.15, -0.1) is 11.8 Å². The zero-order valence-electron chi connectivity index (χ0n) is 12.8. The normalized spacial score (nSPS) is 17.4. The molecule has 0 aliphatic carbocycles. The molecule has 0 bridgehead atoms. The van der Waals surface area contributed by atoms with Gasteiger partial charge in [-0.3, -0.25) is 4.79 Å². The quantitative estimate of drug-likeness (QED) is 0.791. The van der Waals surface area contributed by atoms with Crippen LogP contribution < -0.4 is 10.6 Å². The highest BCUT2D eigenvalue weighted by atomic mass is 32.2.